The van der Waals surface area contributed by atoms with E-state index in [-0.39, 0.29) is 5.91 Å². The summed E-state index contributed by atoms with van der Waals surface area (Å²) in [6.45, 7) is 0.570. The lowest BCUT2D eigenvalue weighted by atomic mass is 9.91. The number of allylic oxidation sites excluding steroid dienone is 2. The van der Waals surface area contributed by atoms with E-state index in [1.54, 1.807) is 6.20 Å². The van der Waals surface area contributed by atoms with Gasteiger partial charge in [0.2, 0.25) is 17.8 Å². The molecule has 2 heterocycles. The molecule has 1 atom stereocenters. The SMILES string of the molecule is COc1c(OCCCCCI)cn2c1C=[N+]([O-])C1=CCCCC1C2=O. The Morgan fingerprint density at radius 2 is 2.24 bits per heavy atom. The molecule has 136 valence electrons. The largest absolute Gasteiger partial charge is 0.618 e. The van der Waals surface area contributed by atoms with E-state index in [0.717, 1.165) is 34.8 Å². The van der Waals surface area contributed by atoms with Crippen LogP contribution in [0.3, 0.4) is 0 Å². The molecule has 1 aromatic rings. The third-order valence-electron chi connectivity index (χ3n) is 4.64. The van der Waals surface area contributed by atoms with Crippen LogP contribution in [0.4, 0.5) is 0 Å². The van der Waals surface area contributed by atoms with Crippen molar-refractivity contribution in [2.24, 2.45) is 5.92 Å². The lowest BCUT2D eigenvalue weighted by Gasteiger charge is -2.18. The summed E-state index contributed by atoms with van der Waals surface area (Å²) in [4.78, 5) is 12.9. The zero-order valence-electron chi connectivity index (χ0n) is 14.4. The van der Waals surface area contributed by atoms with Crippen LogP contribution in [0.5, 0.6) is 11.5 Å². The van der Waals surface area contributed by atoms with Gasteiger partial charge in [-0.05, 0) is 49.0 Å². The maximum absolute atomic E-state index is 12.9. The number of methoxy groups -OCH3 is 1. The summed E-state index contributed by atoms with van der Waals surface area (Å²) in [5.74, 6) is 0.488. The van der Waals surface area contributed by atoms with Crippen molar-refractivity contribution >= 4 is 34.7 Å². The zero-order valence-corrected chi connectivity index (χ0v) is 16.5. The highest BCUT2D eigenvalue weighted by atomic mass is 127. The van der Waals surface area contributed by atoms with Gasteiger partial charge in [-0.1, -0.05) is 22.6 Å². The van der Waals surface area contributed by atoms with E-state index in [0.29, 0.717) is 35.9 Å². The van der Waals surface area contributed by atoms with Gasteiger partial charge in [-0.2, -0.15) is 4.74 Å². The number of unbranched alkanes of at least 4 members (excludes halogenated alkanes) is 2. The minimum atomic E-state index is -0.391. The van der Waals surface area contributed by atoms with Crippen LogP contribution in [-0.2, 0) is 0 Å². The highest BCUT2D eigenvalue weighted by Crippen LogP contribution is 2.37. The molecule has 0 spiro atoms. The Morgan fingerprint density at radius 1 is 1.40 bits per heavy atom. The molecule has 0 fully saturated rings. The molecule has 0 N–H and O–H groups in total. The molecule has 6 nitrogen and oxygen atoms in total. The summed E-state index contributed by atoms with van der Waals surface area (Å²) in [6.07, 6.45) is 10.6. The predicted octanol–water partition coefficient (Wildman–Crippen LogP) is 3.75. The first-order valence-corrected chi connectivity index (χ1v) is 10.2. The number of halogens is 1. The van der Waals surface area contributed by atoms with Crippen molar-refractivity contribution in [1.82, 2.24) is 4.57 Å². The fourth-order valence-corrected chi connectivity index (χ4v) is 3.90. The fraction of sp³-hybridized carbons (Fsp3) is 0.556. The molecule has 0 saturated carbocycles. The van der Waals surface area contributed by atoms with Crippen molar-refractivity contribution in [3.8, 4) is 11.5 Å². The maximum atomic E-state index is 12.9. The first-order valence-electron chi connectivity index (χ1n) is 8.71. The number of hydroxylamine groups is 1. The number of carbonyl (C=O) groups excluding carboxylic acids is 1. The molecule has 1 aliphatic heterocycles. The van der Waals surface area contributed by atoms with Crippen LogP contribution in [0.25, 0.3) is 0 Å². The Balaban J connectivity index is 1.89. The van der Waals surface area contributed by atoms with Crippen molar-refractivity contribution in [3.05, 3.63) is 28.9 Å². The second-order valence-corrected chi connectivity index (χ2v) is 7.36. The normalized spacial score (nSPS) is 19.4. The van der Waals surface area contributed by atoms with Crippen molar-refractivity contribution < 1.29 is 19.0 Å². The second kappa shape index (κ2) is 8.25. The average Bonchev–Trinajstić information content (AvgIpc) is 2.93. The number of nitrogens with zero attached hydrogens (tertiary/aromatic N) is 2. The van der Waals surface area contributed by atoms with E-state index in [1.807, 2.05) is 6.08 Å². The van der Waals surface area contributed by atoms with Crippen LogP contribution < -0.4 is 9.47 Å². The number of rotatable bonds is 7. The van der Waals surface area contributed by atoms with Crippen LogP contribution in [0.2, 0.25) is 0 Å². The standard InChI is InChI=1S/C18H23IN2O4/c1-24-17-15-11-21(23)14-8-4-3-7-13(14)18(22)20(15)12-16(17)25-10-6-2-5-9-19/h8,11-13H,2-7,9-10H2,1H3. The van der Waals surface area contributed by atoms with Gasteiger partial charge < -0.3 is 14.7 Å². The number of carbonyl (C=O) groups is 1. The number of fused-ring (bicyclic) bond motifs is 2. The zero-order chi connectivity index (χ0) is 17.8. The molecule has 1 aliphatic carbocycles. The average molecular weight is 458 g/mol. The third kappa shape index (κ3) is 3.70. The summed E-state index contributed by atoms with van der Waals surface area (Å²) >= 11 is 2.36. The Hall–Kier alpha value is -1.51. The van der Waals surface area contributed by atoms with Gasteiger partial charge in [-0.25, -0.2) is 0 Å². The number of alkyl halides is 1. The first kappa shape index (κ1) is 18.3. The Kier molecular flexibility index (Phi) is 6.03. The van der Waals surface area contributed by atoms with Gasteiger partial charge in [0.1, 0.15) is 5.92 Å². The van der Waals surface area contributed by atoms with Crippen molar-refractivity contribution in [2.75, 3.05) is 18.1 Å². The molecule has 7 heteroatoms. The highest BCUT2D eigenvalue weighted by molar-refractivity contribution is 14.1. The molecule has 0 radical (unpaired) electrons. The second-order valence-electron chi connectivity index (χ2n) is 6.29. The molecule has 0 bridgehead atoms. The molecule has 0 aromatic carbocycles. The quantitative estimate of drug-likeness (QED) is 0.205. The van der Waals surface area contributed by atoms with E-state index in [1.165, 1.54) is 24.3 Å². The van der Waals surface area contributed by atoms with E-state index >= 15 is 0 Å². The lowest BCUT2D eigenvalue weighted by molar-refractivity contribution is -0.403. The van der Waals surface area contributed by atoms with Gasteiger partial charge in [0, 0.05) is 0 Å². The van der Waals surface area contributed by atoms with Gasteiger partial charge in [-0.15, -0.1) is 0 Å². The minimum absolute atomic E-state index is 0.0892. The number of hydrogen-bond donors (Lipinski definition) is 0. The molecule has 0 amide bonds. The third-order valence-corrected chi connectivity index (χ3v) is 5.40. The van der Waals surface area contributed by atoms with Gasteiger partial charge in [0.25, 0.3) is 0 Å². The maximum Gasteiger partial charge on any atom is 0.245 e. The summed E-state index contributed by atoms with van der Waals surface area (Å²) in [5, 5.41) is 12.5. The number of ether oxygens (including phenoxy) is 2. The van der Waals surface area contributed by atoms with Gasteiger partial charge in [0.05, 0.1) is 19.9 Å². The molecule has 0 saturated heterocycles. The molecule has 2 aliphatic rings. The fourth-order valence-electron chi connectivity index (χ4n) is 3.36. The van der Waals surface area contributed by atoms with Gasteiger partial charge in [-0.3, -0.25) is 9.36 Å². The van der Waals surface area contributed by atoms with Gasteiger partial charge in [0.15, 0.2) is 17.2 Å². The van der Waals surface area contributed by atoms with Crippen molar-refractivity contribution in [2.45, 2.75) is 38.5 Å². The minimum Gasteiger partial charge on any atom is -0.618 e. The van der Waals surface area contributed by atoms with Gasteiger partial charge >= 0.3 is 0 Å². The first-order chi connectivity index (χ1) is 12.2. The van der Waals surface area contributed by atoms with E-state index in [9.17, 15) is 10.0 Å². The van der Waals surface area contributed by atoms with Crippen LogP contribution in [-0.4, -0.2) is 39.6 Å². The summed E-state index contributed by atoms with van der Waals surface area (Å²) < 4.78 is 14.8. The van der Waals surface area contributed by atoms with E-state index in [2.05, 4.69) is 22.6 Å². The molecular formula is C18H23IN2O4. The van der Waals surface area contributed by atoms with Crippen LogP contribution in [0.15, 0.2) is 18.0 Å². The topological polar surface area (TPSA) is 66.5 Å². The van der Waals surface area contributed by atoms with Crippen molar-refractivity contribution in [3.63, 3.8) is 0 Å². The molecular weight excluding hydrogens is 435 g/mol. The summed E-state index contributed by atoms with van der Waals surface area (Å²) in [6, 6.07) is 0. The van der Waals surface area contributed by atoms with E-state index in [4.69, 9.17) is 9.47 Å². The molecule has 25 heavy (non-hydrogen) atoms. The molecule has 3 rings (SSSR count). The highest BCUT2D eigenvalue weighted by Gasteiger charge is 2.37. The predicted molar refractivity (Wildman–Crippen MR) is 104 cm³/mol. The Bertz CT molecular complexity index is 708. The summed E-state index contributed by atoms with van der Waals surface area (Å²) in [7, 11) is 1.53. The Morgan fingerprint density at radius 3 is 3.00 bits per heavy atom. The van der Waals surface area contributed by atoms with Crippen LogP contribution in [0, 0.1) is 11.1 Å². The van der Waals surface area contributed by atoms with E-state index < -0.39 is 5.92 Å². The van der Waals surface area contributed by atoms with Crippen LogP contribution in [0.1, 0.15) is 49.0 Å². The molecule has 1 unspecified atom stereocenters. The molecule has 1 aromatic heterocycles. The van der Waals surface area contributed by atoms with Crippen LogP contribution >= 0.6 is 22.6 Å². The Labute approximate surface area is 161 Å². The smallest absolute Gasteiger partial charge is 0.245 e. The number of aromatic nitrogens is 1. The lowest BCUT2D eigenvalue weighted by Crippen LogP contribution is -2.26. The monoisotopic (exact) mass is 458 g/mol. The summed E-state index contributed by atoms with van der Waals surface area (Å²) in [5.41, 5.74) is 1.00. The number of hydrogen-bond acceptors (Lipinski definition) is 4. The van der Waals surface area contributed by atoms with Crippen molar-refractivity contribution in [1.29, 1.82) is 0 Å².